The smallest absolute Gasteiger partial charge is 0.226 e. The second-order valence-electron chi connectivity index (χ2n) is 9.79. The number of halogens is 6. The highest BCUT2D eigenvalue weighted by Crippen LogP contribution is 2.76. The third-order valence-electron chi connectivity index (χ3n) is 5.06. The predicted molar refractivity (Wildman–Crippen MR) is 122 cm³/mol. The molecule has 2 aliphatic rings. The average molecular weight is 527 g/mol. The summed E-state index contributed by atoms with van der Waals surface area (Å²) in [5, 5.41) is 5.75. The van der Waals surface area contributed by atoms with E-state index in [1.54, 1.807) is 0 Å². The number of rotatable bonds is 4. The first-order chi connectivity index (χ1) is 12.8. The lowest BCUT2D eigenvalue weighted by atomic mass is 9.78. The largest absolute Gasteiger partial charge is 0.352 e. The van der Waals surface area contributed by atoms with Crippen molar-refractivity contribution in [3.8, 4) is 0 Å². The number of allylic oxidation sites excluding steroid dienone is 2. The van der Waals surface area contributed by atoms with E-state index in [0.29, 0.717) is 0 Å². The summed E-state index contributed by atoms with van der Waals surface area (Å²) in [6.07, 6.45) is 0.290. The molecule has 0 spiro atoms. The molecule has 29 heavy (non-hydrogen) atoms. The van der Waals surface area contributed by atoms with Crippen molar-refractivity contribution in [3.63, 3.8) is 0 Å². The first-order valence-corrected chi connectivity index (χ1v) is 11.5. The highest BCUT2D eigenvalue weighted by molar-refractivity contribution is 6.66. The van der Waals surface area contributed by atoms with Crippen LogP contribution in [0.3, 0.4) is 0 Å². The fourth-order valence-electron chi connectivity index (χ4n) is 4.04. The van der Waals surface area contributed by atoms with Gasteiger partial charge in [0, 0.05) is 23.4 Å². The van der Waals surface area contributed by atoms with Crippen LogP contribution < -0.4 is 10.6 Å². The number of fused-ring (bicyclic) bond motifs is 2. The zero-order valence-electron chi connectivity index (χ0n) is 17.2. The van der Waals surface area contributed by atoms with Crippen LogP contribution in [-0.4, -0.2) is 37.0 Å². The van der Waals surface area contributed by atoms with Crippen molar-refractivity contribution in [1.29, 1.82) is 0 Å². The number of hydrogen-bond donors (Lipinski definition) is 2. The molecule has 0 saturated heterocycles. The van der Waals surface area contributed by atoms with Crippen molar-refractivity contribution in [2.24, 2.45) is 11.8 Å². The highest BCUT2D eigenvalue weighted by atomic mass is 35.5. The lowest BCUT2D eigenvalue weighted by Crippen LogP contribution is -2.52. The van der Waals surface area contributed by atoms with Gasteiger partial charge in [0.15, 0.2) is 4.33 Å². The van der Waals surface area contributed by atoms with Gasteiger partial charge in [-0.05, 0) is 48.0 Å². The third kappa shape index (κ3) is 4.12. The van der Waals surface area contributed by atoms with Gasteiger partial charge < -0.3 is 10.6 Å². The van der Waals surface area contributed by atoms with Crippen LogP contribution in [-0.2, 0) is 9.59 Å². The van der Waals surface area contributed by atoms with Crippen LogP contribution >= 0.6 is 69.6 Å². The lowest BCUT2D eigenvalue weighted by Gasteiger charge is -2.37. The van der Waals surface area contributed by atoms with Crippen LogP contribution in [0.1, 0.15) is 54.4 Å². The van der Waals surface area contributed by atoms with E-state index in [0.717, 1.165) is 0 Å². The standard InChI is InChI=1S/C19H26Cl6N2O2/c1-15(2,3)26-10(28)8-7-9-11(14(29)27-16(4,5)6)18(23)13(21)12(20)17(9,22)19(18,24)25/h9,11H,7-8H2,1-6H3,(H,26,28)(H,27,29)/t9-,11-,17+,18+/m1/s1. The minimum atomic E-state index is -1.84. The molecule has 0 aromatic carbocycles. The van der Waals surface area contributed by atoms with Crippen LogP contribution in [0.2, 0.25) is 0 Å². The lowest BCUT2D eigenvalue weighted by molar-refractivity contribution is -0.129. The van der Waals surface area contributed by atoms with Gasteiger partial charge >= 0.3 is 0 Å². The van der Waals surface area contributed by atoms with E-state index in [1.165, 1.54) is 0 Å². The molecular weight excluding hydrogens is 501 g/mol. The summed E-state index contributed by atoms with van der Waals surface area (Å²) in [7, 11) is 0. The van der Waals surface area contributed by atoms with Gasteiger partial charge in [-0.25, -0.2) is 0 Å². The molecule has 1 saturated carbocycles. The van der Waals surface area contributed by atoms with Crippen molar-refractivity contribution in [2.75, 3.05) is 0 Å². The average Bonchev–Trinajstić information content (AvgIpc) is 2.69. The number of alkyl halides is 4. The van der Waals surface area contributed by atoms with E-state index in [-0.39, 0.29) is 28.8 Å². The molecule has 166 valence electrons. The van der Waals surface area contributed by atoms with Crippen LogP contribution in [0.25, 0.3) is 0 Å². The maximum atomic E-state index is 13.2. The van der Waals surface area contributed by atoms with Crippen molar-refractivity contribution >= 4 is 81.4 Å². The van der Waals surface area contributed by atoms with Gasteiger partial charge in [0.1, 0.15) is 9.75 Å². The predicted octanol–water partition coefficient (Wildman–Crippen LogP) is 5.67. The van der Waals surface area contributed by atoms with E-state index in [2.05, 4.69) is 10.6 Å². The van der Waals surface area contributed by atoms with Crippen molar-refractivity contribution in [3.05, 3.63) is 10.1 Å². The van der Waals surface area contributed by atoms with Crippen molar-refractivity contribution in [1.82, 2.24) is 10.6 Å². The molecule has 0 unspecified atom stereocenters. The van der Waals surface area contributed by atoms with E-state index in [4.69, 9.17) is 69.6 Å². The summed E-state index contributed by atoms with van der Waals surface area (Å²) in [6.45, 7) is 11.1. The molecule has 2 amide bonds. The summed E-state index contributed by atoms with van der Waals surface area (Å²) in [5.74, 6) is -2.28. The summed E-state index contributed by atoms with van der Waals surface area (Å²) >= 11 is 39.8. The quantitative estimate of drug-likeness (QED) is 0.463. The zero-order chi connectivity index (χ0) is 22.8. The SMILES string of the molecule is CC(C)(C)NC(=O)CC[C@@H]1[C@H](C(=O)NC(C)(C)C)[C@]2(Cl)C(Cl)=C(Cl)[C@]1(Cl)C2(Cl)Cl. The number of carbonyl (C=O) groups excluding carboxylic acids is 2. The van der Waals surface area contributed by atoms with Gasteiger partial charge in [-0.3, -0.25) is 9.59 Å². The van der Waals surface area contributed by atoms with Crippen LogP contribution in [0.4, 0.5) is 0 Å². The van der Waals surface area contributed by atoms with Crippen LogP contribution in [0.15, 0.2) is 10.1 Å². The molecule has 0 aliphatic heterocycles. The molecule has 2 aliphatic carbocycles. The fraction of sp³-hybridized carbons (Fsp3) is 0.789. The Bertz CT molecular complexity index is 755. The Morgan fingerprint density at radius 3 is 1.76 bits per heavy atom. The van der Waals surface area contributed by atoms with Gasteiger partial charge in [-0.1, -0.05) is 46.4 Å². The Morgan fingerprint density at radius 2 is 1.31 bits per heavy atom. The monoisotopic (exact) mass is 524 g/mol. The minimum Gasteiger partial charge on any atom is -0.352 e. The normalized spacial score (nSPS) is 33.8. The highest BCUT2D eigenvalue weighted by Gasteiger charge is 2.83. The first-order valence-electron chi connectivity index (χ1n) is 9.25. The van der Waals surface area contributed by atoms with E-state index < -0.39 is 42.9 Å². The third-order valence-corrected chi connectivity index (χ3v) is 9.37. The Morgan fingerprint density at radius 1 is 0.862 bits per heavy atom. The molecule has 0 radical (unpaired) electrons. The zero-order valence-corrected chi connectivity index (χ0v) is 21.7. The Balaban J connectivity index is 2.46. The van der Waals surface area contributed by atoms with Gasteiger partial charge in [-0.2, -0.15) is 0 Å². The molecule has 4 atom stereocenters. The molecule has 2 N–H and O–H groups in total. The fourth-order valence-corrected chi connectivity index (χ4v) is 7.08. The molecular formula is C19H26Cl6N2O2. The summed E-state index contributed by atoms with van der Waals surface area (Å²) < 4.78 is -1.84. The van der Waals surface area contributed by atoms with Crippen LogP contribution in [0, 0.1) is 11.8 Å². The Kier molecular flexibility index (Phi) is 6.89. The van der Waals surface area contributed by atoms with Gasteiger partial charge in [-0.15, -0.1) is 23.2 Å². The Hall–Kier alpha value is 0.420. The van der Waals surface area contributed by atoms with Gasteiger partial charge in [0.25, 0.3) is 0 Å². The van der Waals surface area contributed by atoms with E-state index >= 15 is 0 Å². The topological polar surface area (TPSA) is 58.2 Å². The van der Waals surface area contributed by atoms with Gasteiger partial charge in [0.05, 0.1) is 16.0 Å². The molecule has 10 heteroatoms. The summed E-state index contributed by atoms with van der Waals surface area (Å²) in [4.78, 5) is 22.3. The number of carbonyl (C=O) groups is 2. The number of nitrogens with one attached hydrogen (secondary N) is 2. The maximum absolute atomic E-state index is 13.2. The number of amides is 2. The second-order valence-corrected chi connectivity index (χ2v) is 13.1. The maximum Gasteiger partial charge on any atom is 0.226 e. The first kappa shape index (κ1) is 25.7. The van der Waals surface area contributed by atoms with Gasteiger partial charge in [0.2, 0.25) is 11.8 Å². The molecule has 2 bridgehead atoms. The molecule has 4 nitrogen and oxygen atoms in total. The number of hydrogen-bond acceptors (Lipinski definition) is 2. The Labute approximate surface area is 202 Å². The second kappa shape index (κ2) is 7.78. The van der Waals surface area contributed by atoms with Crippen molar-refractivity contribution in [2.45, 2.75) is 79.5 Å². The molecule has 2 rings (SSSR count). The summed E-state index contributed by atoms with van der Waals surface area (Å²) in [6, 6.07) is 0. The van der Waals surface area contributed by atoms with E-state index in [1.807, 2.05) is 41.5 Å². The molecule has 1 fully saturated rings. The molecule has 0 aromatic rings. The van der Waals surface area contributed by atoms with Crippen LogP contribution in [0.5, 0.6) is 0 Å². The van der Waals surface area contributed by atoms with Crippen molar-refractivity contribution < 1.29 is 9.59 Å². The summed E-state index contributed by atoms with van der Waals surface area (Å²) in [5.41, 5.74) is -0.939. The molecule has 0 aromatic heterocycles. The van der Waals surface area contributed by atoms with E-state index in [9.17, 15) is 9.59 Å². The minimum absolute atomic E-state index is 0.0156. The molecule has 0 heterocycles.